The lowest BCUT2D eigenvalue weighted by atomic mass is 9.95. The van der Waals surface area contributed by atoms with Crippen LogP contribution in [0, 0.1) is 5.92 Å². The van der Waals surface area contributed by atoms with E-state index in [1.54, 1.807) is 12.1 Å². The van der Waals surface area contributed by atoms with Gasteiger partial charge >= 0.3 is 12.5 Å². The number of piperazine rings is 1. The van der Waals surface area contributed by atoms with Crippen LogP contribution < -0.4 is 10.1 Å². The fourth-order valence-electron chi connectivity index (χ4n) is 3.06. The third kappa shape index (κ3) is 7.64. The molecular weight excluding hydrogens is 407 g/mol. The molecule has 0 amide bonds. The summed E-state index contributed by atoms with van der Waals surface area (Å²) in [4.78, 5) is 2.21. The van der Waals surface area contributed by atoms with Crippen molar-refractivity contribution in [3.8, 4) is 5.75 Å². The average molecular weight is 435 g/mol. The summed E-state index contributed by atoms with van der Waals surface area (Å²) >= 11 is 0. The van der Waals surface area contributed by atoms with Crippen LogP contribution in [-0.2, 0) is 0 Å². The van der Waals surface area contributed by atoms with Gasteiger partial charge in [-0.2, -0.15) is 17.6 Å². The molecule has 1 N–H and O–H groups in total. The van der Waals surface area contributed by atoms with Gasteiger partial charge in [-0.25, -0.2) is 0 Å². The van der Waals surface area contributed by atoms with Crippen LogP contribution in [0.15, 0.2) is 24.3 Å². The molecule has 1 saturated heterocycles. The second-order valence-electron chi connectivity index (χ2n) is 6.78. The number of hydrogen-bond acceptors (Lipinski definition) is 3. The standard InChI is InChI=1S/C18H26F4N2O.2ClH/c1-13(2)7-8-15(24-11-9-23-10-12-24)14-5-3-4-6-16(14)25-18(21,22)17(19)20;;/h3-6,13,15,17,23H,7-12H2,1-2H3;2*1H/t15-;;/m0../s1. The summed E-state index contributed by atoms with van der Waals surface area (Å²) in [7, 11) is 0. The first-order valence-electron chi connectivity index (χ1n) is 8.70. The van der Waals surface area contributed by atoms with Gasteiger partial charge in [-0.15, -0.1) is 24.8 Å². The molecule has 9 heteroatoms. The highest BCUT2D eigenvalue weighted by atomic mass is 35.5. The van der Waals surface area contributed by atoms with E-state index in [0.29, 0.717) is 11.5 Å². The van der Waals surface area contributed by atoms with Gasteiger partial charge in [0, 0.05) is 37.8 Å². The Morgan fingerprint density at radius 2 is 1.67 bits per heavy atom. The SMILES string of the molecule is CC(C)CC[C@@H](c1ccccc1OC(F)(F)C(F)F)N1CCNCC1.Cl.Cl. The smallest absolute Gasteiger partial charge is 0.428 e. The summed E-state index contributed by atoms with van der Waals surface area (Å²) in [5, 5.41) is 3.26. The van der Waals surface area contributed by atoms with Gasteiger partial charge < -0.3 is 10.1 Å². The first kappa shape index (κ1) is 26.2. The fourth-order valence-corrected chi connectivity index (χ4v) is 3.06. The van der Waals surface area contributed by atoms with Crippen LogP contribution in [0.3, 0.4) is 0 Å². The lowest BCUT2D eigenvalue weighted by Crippen LogP contribution is -2.45. The van der Waals surface area contributed by atoms with E-state index in [2.05, 4.69) is 28.8 Å². The molecule has 0 bridgehead atoms. The van der Waals surface area contributed by atoms with Crippen molar-refractivity contribution in [1.29, 1.82) is 0 Å². The van der Waals surface area contributed by atoms with Crippen LogP contribution in [-0.4, -0.2) is 43.6 Å². The molecule has 0 radical (unpaired) electrons. The van der Waals surface area contributed by atoms with Crippen molar-refractivity contribution in [2.45, 2.75) is 45.3 Å². The molecule has 158 valence electrons. The summed E-state index contributed by atoms with van der Waals surface area (Å²) in [5.74, 6) is 0.293. The van der Waals surface area contributed by atoms with E-state index in [1.807, 2.05) is 0 Å². The molecule has 0 saturated carbocycles. The largest absolute Gasteiger partial charge is 0.461 e. The van der Waals surface area contributed by atoms with Crippen molar-refractivity contribution >= 4 is 24.8 Å². The summed E-state index contributed by atoms with van der Waals surface area (Å²) in [6, 6.07) is 6.17. The fraction of sp³-hybridized carbons (Fsp3) is 0.667. The van der Waals surface area contributed by atoms with Crippen LogP contribution in [0.25, 0.3) is 0 Å². The predicted octanol–water partition coefficient (Wildman–Crippen LogP) is 5.15. The molecule has 0 unspecified atom stereocenters. The molecule has 2 rings (SSSR count). The van der Waals surface area contributed by atoms with E-state index in [0.717, 1.165) is 39.0 Å². The average Bonchev–Trinajstić information content (AvgIpc) is 2.57. The maximum atomic E-state index is 13.4. The van der Waals surface area contributed by atoms with Gasteiger partial charge in [0.1, 0.15) is 5.75 Å². The number of nitrogens with one attached hydrogen (secondary N) is 1. The lowest BCUT2D eigenvalue weighted by Gasteiger charge is -2.36. The Bertz CT molecular complexity index is 544. The van der Waals surface area contributed by atoms with Gasteiger partial charge in [-0.1, -0.05) is 32.0 Å². The van der Waals surface area contributed by atoms with Gasteiger partial charge in [0.15, 0.2) is 0 Å². The van der Waals surface area contributed by atoms with E-state index < -0.39 is 12.5 Å². The van der Waals surface area contributed by atoms with E-state index in [1.165, 1.54) is 12.1 Å². The van der Waals surface area contributed by atoms with Crippen LogP contribution >= 0.6 is 24.8 Å². The Hall–Kier alpha value is -0.760. The highest BCUT2D eigenvalue weighted by Gasteiger charge is 2.44. The van der Waals surface area contributed by atoms with Gasteiger partial charge in [-0.05, 0) is 24.8 Å². The predicted molar refractivity (Wildman–Crippen MR) is 104 cm³/mol. The minimum atomic E-state index is -4.50. The molecule has 1 atom stereocenters. The molecule has 1 aliphatic rings. The van der Waals surface area contributed by atoms with E-state index in [9.17, 15) is 17.6 Å². The Morgan fingerprint density at radius 1 is 1.07 bits per heavy atom. The zero-order valence-corrected chi connectivity index (χ0v) is 17.1. The third-order valence-corrected chi connectivity index (χ3v) is 4.39. The maximum absolute atomic E-state index is 13.4. The topological polar surface area (TPSA) is 24.5 Å². The molecule has 27 heavy (non-hydrogen) atoms. The van der Waals surface area contributed by atoms with Gasteiger partial charge in [0.25, 0.3) is 0 Å². The Kier molecular flexibility index (Phi) is 11.6. The van der Waals surface area contributed by atoms with Gasteiger partial charge in [0.05, 0.1) is 0 Å². The van der Waals surface area contributed by atoms with Crippen molar-refractivity contribution < 1.29 is 22.3 Å². The molecule has 3 nitrogen and oxygen atoms in total. The Labute approximate surface area is 170 Å². The molecule has 0 aromatic heterocycles. The van der Waals surface area contributed by atoms with Crippen LogP contribution in [0.2, 0.25) is 0 Å². The van der Waals surface area contributed by atoms with Crippen molar-refractivity contribution in [3.63, 3.8) is 0 Å². The number of nitrogens with zero attached hydrogens (tertiary/aromatic N) is 1. The summed E-state index contributed by atoms with van der Waals surface area (Å²) in [6.07, 6.45) is -6.69. The van der Waals surface area contributed by atoms with E-state index in [-0.39, 0.29) is 36.6 Å². The molecule has 1 aliphatic heterocycles. The van der Waals surface area contributed by atoms with Gasteiger partial charge in [0.2, 0.25) is 0 Å². The molecule has 0 spiro atoms. The van der Waals surface area contributed by atoms with Crippen molar-refractivity contribution in [2.75, 3.05) is 26.2 Å². The summed E-state index contributed by atoms with van der Waals surface area (Å²) < 4.78 is 56.4. The van der Waals surface area contributed by atoms with E-state index >= 15 is 0 Å². The molecule has 1 heterocycles. The number of rotatable bonds is 8. The number of ether oxygens (including phenoxy) is 1. The number of hydrogen-bond donors (Lipinski definition) is 1. The number of alkyl halides is 4. The normalized spacial score (nSPS) is 16.6. The summed E-state index contributed by atoms with van der Waals surface area (Å²) in [6.45, 7) is 7.39. The highest BCUT2D eigenvalue weighted by molar-refractivity contribution is 5.85. The minimum absolute atomic E-state index is 0. The van der Waals surface area contributed by atoms with E-state index in [4.69, 9.17) is 0 Å². The second-order valence-corrected chi connectivity index (χ2v) is 6.78. The minimum Gasteiger partial charge on any atom is -0.428 e. The highest BCUT2D eigenvalue weighted by Crippen LogP contribution is 2.37. The molecule has 1 aromatic carbocycles. The molecule has 0 aliphatic carbocycles. The molecule has 1 aromatic rings. The monoisotopic (exact) mass is 434 g/mol. The molecular formula is C18H28Cl2F4N2O. The van der Waals surface area contributed by atoms with Crippen LogP contribution in [0.1, 0.15) is 38.3 Å². The number of para-hydroxylation sites is 1. The van der Waals surface area contributed by atoms with Crippen molar-refractivity contribution in [2.24, 2.45) is 5.92 Å². The van der Waals surface area contributed by atoms with Crippen molar-refractivity contribution in [3.05, 3.63) is 29.8 Å². The third-order valence-electron chi connectivity index (χ3n) is 4.39. The summed E-state index contributed by atoms with van der Waals surface area (Å²) in [5.41, 5.74) is 0.547. The first-order chi connectivity index (χ1) is 11.8. The maximum Gasteiger partial charge on any atom is 0.461 e. The molecule has 1 fully saturated rings. The zero-order valence-electron chi connectivity index (χ0n) is 15.5. The van der Waals surface area contributed by atoms with Gasteiger partial charge in [-0.3, -0.25) is 4.90 Å². The van der Waals surface area contributed by atoms with Crippen LogP contribution in [0.5, 0.6) is 5.75 Å². The second kappa shape index (κ2) is 11.9. The Morgan fingerprint density at radius 3 is 2.22 bits per heavy atom. The first-order valence-corrected chi connectivity index (χ1v) is 8.70. The van der Waals surface area contributed by atoms with Crippen LogP contribution in [0.4, 0.5) is 17.6 Å². The zero-order chi connectivity index (χ0) is 18.4. The quantitative estimate of drug-likeness (QED) is 0.572. The number of halogens is 6. The number of benzene rings is 1. The van der Waals surface area contributed by atoms with Crippen molar-refractivity contribution in [1.82, 2.24) is 10.2 Å². The lowest BCUT2D eigenvalue weighted by molar-refractivity contribution is -0.253. The Balaban J connectivity index is 0.00000338.